The number of pyridine rings is 1. The van der Waals surface area contributed by atoms with Crippen LogP contribution in [0.25, 0.3) is 22.0 Å². The minimum absolute atomic E-state index is 0.329. The smallest absolute Gasteiger partial charge is 0.138 e. The first-order chi connectivity index (χ1) is 12.3. The van der Waals surface area contributed by atoms with Gasteiger partial charge in [-0.15, -0.1) is 0 Å². The van der Waals surface area contributed by atoms with Gasteiger partial charge in [0.15, 0.2) is 0 Å². The number of fused-ring (bicyclic) bond motifs is 4. The molecule has 0 spiro atoms. The molecule has 1 unspecified atom stereocenters. The van der Waals surface area contributed by atoms with E-state index in [-0.39, 0.29) is 0 Å². The summed E-state index contributed by atoms with van der Waals surface area (Å²) in [6.45, 7) is 3.55. The Hall–Kier alpha value is -2.39. The maximum Gasteiger partial charge on any atom is 0.138 e. The molecule has 3 heteroatoms. The third-order valence-electron chi connectivity index (χ3n) is 5.67. The summed E-state index contributed by atoms with van der Waals surface area (Å²) in [6.07, 6.45) is 4.75. The van der Waals surface area contributed by atoms with Gasteiger partial charge in [0.05, 0.1) is 11.9 Å². The molecular formula is C22H22N2O. The number of piperidine rings is 3. The van der Waals surface area contributed by atoms with Gasteiger partial charge in [0, 0.05) is 12.1 Å². The number of hydrogen-bond acceptors (Lipinski definition) is 3. The fraction of sp³-hybridized carbons (Fsp3) is 0.318. The Morgan fingerprint density at radius 2 is 1.76 bits per heavy atom. The molecule has 0 amide bonds. The molecule has 1 atom stereocenters. The quantitative estimate of drug-likeness (QED) is 0.713. The highest BCUT2D eigenvalue weighted by atomic mass is 16.5. The van der Waals surface area contributed by atoms with Crippen molar-refractivity contribution < 1.29 is 4.74 Å². The fourth-order valence-corrected chi connectivity index (χ4v) is 4.19. The average Bonchev–Trinajstić information content (AvgIpc) is 2.69. The molecule has 2 aromatic carbocycles. The van der Waals surface area contributed by atoms with Crippen LogP contribution in [0.4, 0.5) is 0 Å². The van der Waals surface area contributed by atoms with E-state index in [1.54, 1.807) is 0 Å². The van der Waals surface area contributed by atoms with Crippen molar-refractivity contribution in [3.05, 3.63) is 60.8 Å². The predicted molar refractivity (Wildman–Crippen MR) is 101 cm³/mol. The summed E-state index contributed by atoms with van der Waals surface area (Å²) in [6, 6.07) is 19.1. The summed E-state index contributed by atoms with van der Waals surface area (Å²) in [5, 5.41) is 2.50. The van der Waals surface area contributed by atoms with Crippen LogP contribution in [0.5, 0.6) is 5.75 Å². The molecule has 25 heavy (non-hydrogen) atoms. The molecule has 6 rings (SSSR count). The fourth-order valence-electron chi connectivity index (χ4n) is 4.19. The van der Waals surface area contributed by atoms with Crippen molar-refractivity contribution in [2.75, 3.05) is 19.6 Å². The molecule has 1 aromatic heterocycles. The Morgan fingerprint density at radius 1 is 0.920 bits per heavy atom. The van der Waals surface area contributed by atoms with Crippen molar-refractivity contribution in [1.29, 1.82) is 0 Å². The van der Waals surface area contributed by atoms with Crippen molar-refractivity contribution in [2.45, 2.75) is 18.9 Å². The molecule has 3 nitrogen and oxygen atoms in total. The van der Waals surface area contributed by atoms with E-state index >= 15 is 0 Å². The second kappa shape index (κ2) is 6.16. The lowest BCUT2D eigenvalue weighted by atomic mass is 9.86. The molecule has 0 N–H and O–H groups in total. The van der Waals surface area contributed by atoms with Gasteiger partial charge < -0.3 is 4.74 Å². The lowest BCUT2D eigenvalue weighted by Crippen LogP contribution is -2.52. The third-order valence-corrected chi connectivity index (χ3v) is 5.67. The molecule has 3 saturated heterocycles. The molecular weight excluding hydrogens is 308 g/mol. The Bertz CT molecular complexity index is 882. The van der Waals surface area contributed by atoms with E-state index < -0.39 is 0 Å². The van der Waals surface area contributed by atoms with Crippen LogP contribution in [-0.4, -0.2) is 35.6 Å². The van der Waals surface area contributed by atoms with E-state index in [9.17, 15) is 0 Å². The summed E-state index contributed by atoms with van der Waals surface area (Å²) in [4.78, 5) is 7.16. The minimum Gasteiger partial charge on any atom is -0.487 e. The number of hydrogen-bond donors (Lipinski definition) is 0. The monoisotopic (exact) mass is 330 g/mol. The Balaban J connectivity index is 1.35. The van der Waals surface area contributed by atoms with Crippen molar-refractivity contribution in [3.8, 4) is 17.0 Å². The van der Waals surface area contributed by atoms with Crippen LogP contribution >= 0.6 is 0 Å². The SMILES string of the molecule is c1ccc2cc(-c3ccc(OC4CN5CCC4CC5)cn3)ccc2c1. The molecule has 0 saturated carbocycles. The van der Waals surface area contributed by atoms with E-state index in [2.05, 4.69) is 64.5 Å². The van der Waals surface area contributed by atoms with Crippen LogP contribution in [0.15, 0.2) is 60.8 Å². The zero-order chi connectivity index (χ0) is 16.6. The standard InChI is InChI=1S/C22H22N2O/c1-2-4-18-13-19(6-5-16(18)3-1)21-8-7-20(14-23-21)25-22-15-24-11-9-17(22)10-12-24/h1-8,13-14,17,22H,9-12,15H2. The van der Waals surface area contributed by atoms with Gasteiger partial charge in [-0.3, -0.25) is 9.88 Å². The molecule has 4 heterocycles. The van der Waals surface area contributed by atoms with Crippen molar-refractivity contribution in [1.82, 2.24) is 9.88 Å². The minimum atomic E-state index is 0.329. The van der Waals surface area contributed by atoms with Crippen LogP contribution in [-0.2, 0) is 0 Å². The van der Waals surface area contributed by atoms with Gasteiger partial charge in [-0.1, -0.05) is 36.4 Å². The summed E-state index contributed by atoms with van der Waals surface area (Å²) >= 11 is 0. The van der Waals surface area contributed by atoms with Gasteiger partial charge >= 0.3 is 0 Å². The second-order valence-corrected chi connectivity index (χ2v) is 7.24. The maximum absolute atomic E-state index is 6.25. The zero-order valence-corrected chi connectivity index (χ0v) is 14.3. The van der Waals surface area contributed by atoms with Gasteiger partial charge in [-0.2, -0.15) is 0 Å². The Labute approximate surface area is 148 Å². The number of nitrogens with zero attached hydrogens (tertiary/aromatic N) is 2. The van der Waals surface area contributed by atoms with Gasteiger partial charge in [0.25, 0.3) is 0 Å². The molecule has 2 bridgehead atoms. The van der Waals surface area contributed by atoms with Crippen LogP contribution < -0.4 is 4.74 Å². The zero-order valence-electron chi connectivity index (χ0n) is 14.3. The third kappa shape index (κ3) is 2.89. The summed E-state index contributed by atoms with van der Waals surface area (Å²) < 4.78 is 6.25. The highest BCUT2D eigenvalue weighted by Crippen LogP contribution is 2.31. The Morgan fingerprint density at radius 3 is 2.48 bits per heavy atom. The summed E-state index contributed by atoms with van der Waals surface area (Å²) in [7, 11) is 0. The van der Waals surface area contributed by atoms with E-state index in [0.29, 0.717) is 12.0 Å². The summed E-state index contributed by atoms with van der Waals surface area (Å²) in [5.74, 6) is 1.61. The van der Waals surface area contributed by atoms with Gasteiger partial charge in [0.1, 0.15) is 11.9 Å². The molecule has 3 aliphatic heterocycles. The maximum atomic E-state index is 6.25. The predicted octanol–water partition coefficient (Wildman–Crippen LogP) is 4.37. The van der Waals surface area contributed by atoms with Crippen LogP contribution in [0.1, 0.15) is 12.8 Å². The van der Waals surface area contributed by atoms with Crippen LogP contribution in [0.2, 0.25) is 0 Å². The highest BCUT2D eigenvalue weighted by Gasteiger charge is 2.35. The van der Waals surface area contributed by atoms with Crippen molar-refractivity contribution in [2.24, 2.45) is 5.92 Å². The number of rotatable bonds is 3. The van der Waals surface area contributed by atoms with E-state index in [0.717, 1.165) is 23.6 Å². The first kappa shape index (κ1) is 14.9. The van der Waals surface area contributed by atoms with Gasteiger partial charge in [0.2, 0.25) is 0 Å². The van der Waals surface area contributed by atoms with E-state index in [1.165, 1.54) is 36.7 Å². The van der Waals surface area contributed by atoms with Crippen LogP contribution in [0, 0.1) is 5.92 Å². The lowest BCUT2D eigenvalue weighted by Gasteiger charge is -2.44. The topological polar surface area (TPSA) is 25.4 Å². The number of aromatic nitrogens is 1. The molecule has 0 aliphatic carbocycles. The molecule has 0 radical (unpaired) electrons. The van der Waals surface area contributed by atoms with Crippen molar-refractivity contribution >= 4 is 10.8 Å². The van der Waals surface area contributed by atoms with Crippen LogP contribution in [0.3, 0.4) is 0 Å². The van der Waals surface area contributed by atoms with E-state index in [4.69, 9.17) is 4.74 Å². The molecule has 3 aliphatic rings. The molecule has 3 fully saturated rings. The first-order valence-electron chi connectivity index (χ1n) is 9.19. The summed E-state index contributed by atoms with van der Waals surface area (Å²) in [5.41, 5.74) is 2.14. The Kier molecular flexibility index (Phi) is 3.67. The number of ether oxygens (including phenoxy) is 1. The first-order valence-corrected chi connectivity index (χ1v) is 9.19. The molecule has 126 valence electrons. The second-order valence-electron chi connectivity index (χ2n) is 7.24. The highest BCUT2D eigenvalue weighted by molar-refractivity contribution is 5.86. The normalized spacial score (nSPS) is 25.2. The lowest BCUT2D eigenvalue weighted by molar-refractivity contribution is -0.00791. The largest absolute Gasteiger partial charge is 0.487 e. The van der Waals surface area contributed by atoms with Crippen molar-refractivity contribution in [3.63, 3.8) is 0 Å². The molecule has 3 aromatic rings. The van der Waals surface area contributed by atoms with Gasteiger partial charge in [-0.05, 0) is 60.8 Å². The van der Waals surface area contributed by atoms with Gasteiger partial charge in [-0.25, -0.2) is 0 Å². The number of benzene rings is 2. The van der Waals surface area contributed by atoms with E-state index in [1.807, 2.05) is 6.20 Å². The average molecular weight is 330 g/mol.